The zero-order chi connectivity index (χ0) is 21.6. The summed E-state index contributed by atoms with van der Waals surface area (Å²) in [6, 6.07) is 9.91. The summed E-state index contributed by atoms with van der Waals surface area (Å²) in [6.07, 6.45) is 3.74. The average molecular weight is 422 g/mol. The van der Waals surface area contributed by atoms with Gasteiger partial charge in [0.25, 0.3) is 11.8 Å². The normalized spacial score (nSPS) is 20.6. The summed E-state index contributed by atoms with van der Waals surface area (Å²) in [5, 5.41) is 16.4. The monoisotopic (exact) mass is 422 g/mol. The van der Waals surface area contributed by atoms with E-state index < -0.39 is 11.2 Å². The van der Waals surface area contributed by atoms with Crippen molar-refractivity contribution < 1.29 is 19.4 Å². The quantitative estimate of drug-likeness (QED) is 0.675. The second-order valence-electron chi connectivity index (χ2n) is 9.04. The van der Waals surface area contributed by atoms with Gasteiger partial charge in [0, 0.05) is 45.2 Å². The number of amides is 2. The number of hydrogen-bond acceptors (Lipinski definition) is 6. The molecule has 3 heterocycles. The Labute approximate surface area is 180 Å². The topological polar surface area (TPSA) is 104 Å². The SMILES string of the molecule is CC(O)(CNC(=O)c1cnc2c(c1)NC(=O)C1(CC1)O2)CN1CCc2ccccc2C1. The van der Waals surface area contributed by atoms with Crippen LogP contribution < -0.4 is 15.4 Å². The lowest BCUT2D eigenvalue weighted by Crippen LogP contribution is -2.49. The van der Waals surface area contributed by atoms with Gasteiger partial charge in [-0.25, -0.2) is 4.98 Å². The molecule has 162 valence electrons. The van der Waals surface area contributed by atoms with Gasteiger partial charge in [-0.1, -0.05) is 24.3 Å². The van der Waals surface area contributed by atoms with E-state index in [0.29, 0.717) is 36.5 Å². The van der Waals surface area contributed by atoms with Crippen molar-refractivity contribution in [3.05, 3.63) is 53.2 Å². The zero-order valence-corrected chi connectivity index (χ0v) is 17.5. The van der Waals surface area contributed by atoms with E-state index in [1.165, 1.54) is 17.3 Å². The number of nitrogens with zero attached hydrogens (tertiary/aromatic N) is 2. The van der Waals surface area contributed by atoms with Crippen molar-refractivity contribution >= 4 is 17.5 Å². The number of aromatic nitrogens is 1. The van der Waals surface area contributed by atoms with Crippen molar-refractivity contribution in [2.45, 2.75) is 43.9 Å². The predicted molar refractivity (Wildman–Crippen MR) is 114 cm³/mol. The molecule has 0 saturated heterocycles. The lowest BCUT2D eigenvalue weighted by atomic mass is 9.98. The van der Waals surface area contributed by atoms with Gasteiger partial charge in [0.15, 0.2) is 5.60 Å². The molecule has 1 atom stereocenters. The van der Waals surface area contributed by atoms with Crippen LogP contribution >= 0.6 is 0 Å². The Balaban J connectivity index is 1.18. The molecule has 1 aromatic heterocycles. The maximum Gasteiger partial charge on any atom is 0.268 e. The van der Waals surface area contributed by atoms with Gasteiger partial charge in [0.1, 0.15) is 5.69 Å². The number of hydrogen-bond donors (Lipinski definition) is 3. The molecule has 2 aromatic rings. The van der Waals surface area contributed by atoms with Crippen molar-refractivity contribution in [2.24, 2.45) is 0 Å². The minimum absolute atomic E-state index is 0.104. The highest BCUT2D eigenvalue weighted by atomic mass is 16.5. The number of carbonyl (C=O) groups excluding carboxylic acids is 2. The van der Waals surface area contributed by atoms with E-state index in [1.807, 2.05) is 6.07 Å². The molecule has 1 spiro atoms. The molecule has 8 nitrogen and oxygen atoms in total. The Bertz CT molecular complexity index is 1050. The van der Waals surface area contributed by atoms with E-state index in [9.17, 15) is 14.7 Å². The van der Waals surface area contributed by atoms with Gasteiger partial charge in [0.2, 0.25) is 5.88 Å². The van der Waals surface area contributed by atoms with Crippen molar-refractivity contribution in [3.63, 3.8) is 0 Å². The number of ether oxygens (including phenoxy) is 1. The fourth-order valence-corrected chi connectivity index (χ4v) is 4.26. The lowest BCUT2D eigenvalue weighted by Gasteiger charge is -2.35. The summed E-state index contributed by atoms with van der Waals surface area (Å²) in [5.74, 6) is -0.211. The van der Waals surface area contributed by atoms with Crippen molar-refractivity contribution in [1.29, 1.82) is 0 Å². The second-order valence-corrected chi connectivity index (χ2v) is 9.04. The molecule has 8 heteroatoms. The Morgan fingerprint density at radius 1 is 1.35 bits per heavy atom. The van der Waals surface area contributed by atoms with Gasteiger partial charge < -0.3 is 20.5 Å². The lowest BCUT2D eigenvalue weighted by molar-refractivity contribution is -0.125. The van der Waals surface area contributed by atoms with Crippen LogP contribution in [0, 0.1) is 0 Å². The van der Waals surface area contributed by atoms with Gasteiger partial charge in [-0.2, -0.15) is 0 Å². The number of benzene rings is 1. The smallest absolute Gasteiger partial charge is 0.268 e. The maximum atomic E-state index is 12.6. The van der Waals surface area contributed by atoms with Crippen LogP contribution in [0.25, 0.3) is 0 Å². The van der Waals surface area contributed by atoms with E-state index in [4.69, 9.17) is 4.74 Å². The zero-order valence-electron chi connectivity index (χ0n) is 17.5. The van der Waals surface area contributed by atoms with Crippen LogP contribution in [0.15, 0.2) is 36.5 Å². The third-order valence-corrected chi connectivity index (χ3v) is 6.18. The van der Waals surface area contributed by atoms with Crippen LogP contribution in [0.2, 0.25) is 0 Å². The van der Waals surface area contributed by atoms with Crippen molar-refractivity contribution in [3.8, 4) is 5.88 Å². The Kier molecular flexibility index (Phi) is 4.71. The van der Waals surface area contributed by atoms with E-state index in [-0.39, 0.29) is 18.4 Å². The van der Waals surface area contributed by atoms with E-state index >= 15 is 0 Å². The molecular formula is C23H26N4O4. The highest BCUT2D eigenvalue weighted by Crippen LogP contribution is 2.45. The number of aliphatic hydroxyl groups is 1. The number of anilines is 1. The van der Waals surface area contributed by atoms with Crippen molar-refractivity contribution in [2.75, 3.05) is 25.0 Å². The first-order valence-electron chi connectivity index (χ1n) is 10.6. The minimum atomic E-state index is -1.08. The summed E-state index contributed by atoms with van der Waals surface area (Å²) in [4.78, 5) is 31.2. The Hall–Kier alpha value is -2.97. The highest BCUT2D eigenvalue weighted by Gasteiger charge is 2.55. The molecule has 0 bridgehead atoms. The van der Waals surface area contributed by atoms with Crippen LogP contribution in [0.4, 0.5) is 5.69 Å². The van der Waals surface area contributed by atoms with Crippen LogP contribution in [-0.4, -0.2) is 57.6 Å². The molecule has 3 N–H and O–H groups in total. The van der Waals surface area contributed by atoms with E-state index in [0.717, 1.165) is 19.5 Å². The van der Waals surface area contributed by atoms with E-state index in [1.54, 1.807) is 13.0 Å². The predicted octanol–water partition coefficient (Wildman–Crippen LogP) is 1.48. The summed E-state index contributed by atoms with van der Waals surface area (Å²) in [5.41, 5.74) is 1.49. The maximum absolute atomic E-state index is 12.6. The second kappa shape index (κ2) is 7.32. The molecule has 2 amide bonds. The first kappa shape index (κ1) is 20.0. The van der Waals surface area contributed by atoms with Gasteiger partial charge in [-0.15, -0.1) is 0 Å². The third-order valence-electron chi connectivity index (χ3n) is 6.18. The van der Waals surface area contributed by atoms with Crippen LogP contribution in [0.5, 0.6) is 5.88 Å². The molecule has 2 aliphatic heterocycles. The Morgan fingerprint density at radius 3 is 2.90 bits per heavy atom. The summed E-state index contributed by atoms with van der Waals surface area (Å²) in [6.45, 7) is 3.94. The third kappa shape index (κ3) is 4.00. The standard InChI is InChI=1S/C23H26N4O4/c1-22(30,14-27-9-6-15-4-2-3-5-16(15)12-27)13-25-19(28)17-10-18-20(24-11-17)31-23(7-8-23)21(29)26-18/h2-5,10-11,30H,6-9,12-14H2,1H3,(H,25,28)(H,26,29). The first-order valence-corrected chi connectivity index (χ1v) is 10.6. The summed E-state index contributed by atoms with van der Waals surface area (Å²) in [7, 11) is 0. The molecule has 1 aromatic carbocycles. The molecule has 31 heavy (non-hydrogen) atoms. The van der Waals surface area contributed by atoms with Crippen LogP contribution in [0.1, 0.15) is 41.3 Å². The van der Waals surface area contributed by atoms with Crippen LogP contribution in [-0.2, 0) is 17.8 Å². The number of rotatable bonds is 5. The number of carbonyl (C=O) groups is 2. The molecule has 3 aliphatic rings. The van der Waals surface area contributed by atoms with Gasteiger partial charge >= 0.3 is 0 Å². The number of β-amino-alcohol motifs (C(OH)–C–C–N with tert-alkyl or cyclic N) is 1. The Morgan fingerprint density at radius 2 is 2.13 bits per heavy atom. The molecular weight excluding hydrogens is 396 g/mol. The average Bonchev–Trinajstić information content (AvgIpc) is 3.53. The molecule has 1 aliphatic carbocycles. The minimum Gasteiger partial charge on any atom is -0.459 e. The fourth-order valence-electron chi connectivity index (χ4n) is 4.26. The number of pyridine rings is 1. The van der Waals surface area contributed by atoms with Gasteiger partial charge in [0.05, 0.1) is 11.2 Å². The molecule has 0 radical (unpaired) electrons. The van der Waals surface area contributed by atoms with E-state index in [2.05, 4.69) is 38.7 Å². The molecule has 5 rings (SSSR count). The highest BCUT2D eigenvalue weighted by molar-refractivity contribution is 6.03. The van der Waals surface area contributed by atoms with Gasteiger partial charge in [-0.3, -0.25) is 14.5 Å². The van der Waals surface area contributed by atoms with Gasteiger partial charge in [-0.05, 0) is 30.5 Å². The fraction of sp³-hybridized carbons (Fsp3) is 0.435. The first-order chi connectivity index (χ1) is 14.8. The molecule has 1 fully saturated rings. The summed E-state index contributed by atoms with van der Waals surface area (Å²) >= 11 is 0. The number of fused-ring (bicyclic) bond motifs is 2. The summed E-state index contributed by atoms with van der Waals surface area (Å²) < 4.78 is 5.70. The van der Waals surface area contributed by atoms with Crippen molar-refractivity contribution in [1.82, 2.24) is 15.2 Å². The van der Waals surface area contributed by atoms with Crippen LogP contribution in [0.3, 0.4) is 0 Å². The largest absolute Gasteiger partial charge is 0.459 e. The molecule has 1 unspecified atom stereocenters. The molecule has 1 saturated carbocycles. The number of nitrogens with one attached hydrogen (secondary N) is 2.